The van der Waals surface area contributed by atoms with Crippen molar-refractivity contribution in [1.29, 1.82) is 0 Å². The molecule has 23 heavy (non-hydrogen) atoms. The lowest BCUT2D eigenvalue weighted by Gasteiger charge is -2.04. The number of aromatic nitrogens is 5. The van der Waals surface area contributed by atoms with Crippen molar-refractivity contribution in [2.45, 2.75) is 13.5 Å². The van der Waals surface area contributed by atoms with Gasteiger partial charge in [0.25, 0.3) is 0 Å². The highest BCUT2D eigenvalue weighted by Crippen LogP contribution is 2.26. The van der Waals surface area contributed by atoms with Gasteiger partial charge in [-0.3, -0.25) is 14.8 Å². The van der Waals surface area contributed by atoms with Crippen molar-refractivity contribution >= 4 is 33.4 Å². The summed E-state index contributed by atoms with van der Waals surface area (Å²) in [7, 11) is 0. The molecule has 0 amide bonds. The molecule has 0 spiro atoms. The molecule has 1 aromatic carbocycles. The first-order valence-electron chi connectivity index (χ1n) is 7.40. The van der Waals surface area contributed by atoms with Crippen LogP contribution in [0.3, 0.4) is 0 Å². The maximum absolute atomic E-state index is 4.55. The molecule has 4 rings (SSSR count). The Morgan fingerprint density at radius 1 is 1.35 bits per heavy atom. The van der Waals surface area contributed by atoms with Crippen LogP contribution < -0.4 is 5.32 Å². The quantitative estimate of drug-likeness (QED) is 0.566. The topological polar surface area (TPSA) is 71.4 Å². The predicted octanol–water partition coefficient (Wildman–Crippen LogP) is 3.55. The molecule has 0 radical (unpaired) electrons. The molecule has 4 aromatic rings. The van der Waals surface area contributed by atoms with Gasteiger partial charge in [-0.05, 0) is 37.3 Å². The third-order valence-corrected chi connectivity index (χ3v) is 3.82. The molecule has 2 N–H and O–H groups in total. The number of pyridine rings is 1. The smallest absolute Gasteiger partial charge is 0.178 e. The number of hydrogen-bond acceptors (Lipinski definition) is 4. The standard InChI is InChI=1S/C17H16N6/c1-3-9-23-15-7-6-12(10-13(15)11(2)22-23)19-17-16-14(20-21-17)5-4-8-18-16/h3-8,10H,1,9H2,2H3,(H2,19,20,21). The normalized spacial score (nSPS) is 11.2. The lowest BCUT2D eigenvalue weighted by Crippen LogP contribution is -1.97. The number of nitrogens with one attached hydrogen (secondary N) is 2. The highest BCUT2D eigenvalue weighted by atomic mass is 15.3. The summed E-state index contributed by atoms with van der Waals surface area (Å²) in [5.41, 5.74) is 4.78. The van der Waals surface area contributed by atoms with Crippen molar-refractivity contribution in [3.05, 3.63) is 54.9 Å². The average Bonchev–Trinajstić information content (AvgIpc) is 3.10. The van der Waals surface area contributed by atoms with E-state index in [-0.39, 0.29) is 0 Å². The first-order valence-corrected chi connectivity index (χ1v) is 7.40. The molecule has 0 atom stereocenters. The van der Waals surface area contributed by atoms with Gasteiger partial charge in [-0.1, -0.05) is 6.08 Å². The number of aryl methyl sites for hydroxylation is 1. The minimum absolute atomic E-state index is 0.699. The third-order valence-electron chi connectivity index (χ3n) is 3.82. The largest absolute Gasteiger partial charge is 0.337 e. The lowest BCUT2D eigenvalue weighted by atomic mass is 10.2. The Bertz CT molecular complexity index is 1010. The van der Waals surface area contributed by atoms with E-state index in [9.17, 15) is 0 Å². The number of nitrogens with zero attached hydrogens (tertiary/aromatic N) is 4. The second-order valence-corrected chi connectivity index (χ2v) is 5.38. The second kappa shape index (κ2) is 5.24. The molecule has 0 bridgehead atoms. The molecule has 0 aliphatic rings. The molecule has 3 heterocycles. The molecule has 0 saturated heterocycles. The van der Waals surface area contributed by atoms with Gasteiger partial charge in [0.1, 0.15) is 5.52 Å². The molecule has 0 aliphatic heterocycles. The Morgan fingerprint density at radius 2 is 2.26 bits per heavy atom. The zero-order valence-corrected chi connectivity index (χ0v) is 12.7. The lowest BCUT2D eigenvalue weighted by molar-refractivity contribution is 0.719. The SMILES string of the molecule is C=CCn1nc(C)c2cc(Nc3n[nH]c4cccnc34)ccc21. The Labute approximate surface area is 132 Å². The molecule has 0 unspecified atom stereocenters. The molecule has 0 fully saturated rings. The van der Waals surface area contributed by atoms with Crippen LogP contribution in [0, 0.1) is 6.92 Å². The minimum Gasteiger partial charge on any atom is -0.337 e. The summed E-state index contributed by atoms with van der Waals surface area (Å²) in [5, 5.41) is 16.3. The highest BCUT2D eigenvalue weighted by Gasteiger charge is 2.10. The van der Waals surface area contributed by atoms with Gasteiger partial charge in [0, 0.05) is 17.3 Å². The fraction of sp³-hybridized carbons (Fsp3) is 0.118. The van der Waals surface area contributed by atoms with Crippen LogP contribution in [-0.2, 0) is 6.54 Å². The molecule has 6 nitrogen and oxygen atoms in total. The summed E-state index contributed by atoms with van der Waals surface area (Å²) in [6.45, 7) is 6.49. The molecular formula is C17H16N6. The van der Waals surface area contributed by atoms with Crippen LogP contribution in [0.15, 0.2) is 49.2 Å². The van der Waals surface area contributed by atoms with Crippen LogP contribution in [0.5, 0.6) is 0 Å². The zero-order chi connectivity index (χ0) is 15.8. The van der Waals surface area contributed by atoms with E-state index in [4.69, 9.17) is 0 Å². The van der Waals surface area contributed by atoms with Crippen LogP contribution in [0.25, 0.3) is 21.9 Å². The summed E-state index contributed by atoms with van der Waals surface area (Å²) in [5.74, 6) is 0.719. The van der Waals surface area contributed by atoms with Gasteiger partial charge >= 0.3 is 0 Å². The maximum atomic E-state index is 4.55. The van der Waals surface area contributed by atoms with Crippen LogP contribution >= 0.6 is 0 Å². The van der Waals surface area contributed by atoms with E-state index in [1.807, 2.05) is 35.9 Å². The van der Waals surface area contributed by atoms with Crippen LogP contribution in [-0.4, -0.2) is 25.0 Å². The molecule has 3 aromatic heterocycles. The average molecular weight is 304 g/mol. The molecule has 114 valence electrons. The summed E-state index contributed by atoms with van der Waals surface area (Å²) in [6.07, 6.45) is 3.61. The number of hydrogen-bond donors (Lipinski definition) is 2. The monoisotopic (exact) mass is 304 g/mol. The van der Waals surface area contributed by atoms with Crippen molar-refractivity contribution in [3.63, 3.8) is 0 Å². The molecule has 0 aliphatic carbocycles. The number of rotatable bonds is 4. The van der Waals surface area contributed by atoms with Gasteiger partial charge in [-0.25, -0.2) is 0 Å². The highest BCUT2D eigenvalue weighted by molar-refractivity contribution is 5.90. The van der Waals surface area contributed by atoms with Crippen molar-refractivity contribution < 1.29 is 0 Å². The van der Waals surface area contributed by atoms with Crippen molar-refractivity contribution in [2.24, 2.45) is 0 Å². The van der Waals surface area contributed by atoms with Crippen LogP contribution in [0.4, 0.5) is 11.5 Å². The van der Waals surface area contributed by atoms with E-state index in [2.05, 4.69) is 44.3 Å². The number of anilines is 2. The number of fused-ring (bicyclic) bond motifs is 2. The first-order chi connectivity index (χ1) is 11.3. The summed E-state index contributed by atoms with van der Waals surface area (Å²) < 4.78 is 1.95. The number of aromatic amines is 1. The van der Waals surface area contributed by atoms with Crippen molar-refractivity contribution in [3.8, 4) is 0 Å². The fourth-order valence-electron chi connectivity index (χ4n) is 2.76. The van der Waals surface area contributed by atoms with Gasteiger partial charge in [0.2, 0.25) is 0 Å². The fourth-order valence-corrected chi connectivity index (χ4v) is 2.76. The third kappa shape index (κ3) is 2.24. The van der Waals surface area contributed by atoms with Crippen molar-refractivity contribution in [2.75, 3.05) is 5.32 Å². The Morgan fingerprint density at radius 3 is 3.13 bits per heavy atom. The Kier molecular flexibility index (Phi) is 3.08. The van der Waals surface area contributed by atoms with E-state index in [0.717, 1.165) is 39.1 Å². The minimum atomic E-state index is 0.699. The number of benzene rings is 1. The molecular weight excluding hydrogens is 288 g/mol. The van der Waals surface area contributed by atoms with Crippen molar-refractivity contribution in [1.82, 2.24) is 25.0 Å². The predicted molar refractivity (Wildman–Crippen MR) is 91.8 cm³/mol. The van der Waals surface area contributed by atoms with Gasteiger partial charge in [-0.15, -0.1) is 6.58 Å². The van der Waals surface area contributed by atoms with E-state index in [1.165, 1.54) is 0 Å². The summed E-state index contributed by atoms with van der Waals surface area (Å²) in [6, 6.07) is 10.00. The molecule has 6 heteroatoms. The van der Waals surface area contributed by atoms with Crippen LogP contribution in [0.1, 0.15) is 5.69 Å². The number of allylic oxidation sites excluding steroid dienone is 1. The summed E-state index contributed by atoms with van der Waals surface area (Å²) in [4.78, 5) is 4.36. The Balaban J connectivity index is 1.75. The van der Waals surface area contributed by atoms with E-state index in [0.29, 0.717) is 6.54 Å². The second-order valence-electron chi connectivity index (χ2n) is 5.38. The van der Waals surface area contributed by atoms with E-state index < -0.39 is 0 Å². The van der Waals surface area contributed by atoms with Gasteiger partial charge < -0.3 is 5.32 Å². The zero-order valence-electron chi connectivity index (χ0n) is 12.7. The first kappa shape index (κ1) is 13.5. The Hall–Kier alpha value is -3.15. The number of H-pyrrole nitrogens is 1. The summed E-state index contributed by atoms with van der Waals surface area (Å²) >= 11 is 0. The molecule has 0 saturated carbocycles. The van der Waals surface area contributed by atoms with E-state index in [1.54, 1.807) is 6.20 Å². The van der Waals surface area contributed by atoms with Crippen LogP contribution in [0.2, 0.25) is 0 Å². The van der Waals surface area contributed by atoms with E-state index >= 15 is 0 Å². The van der Waals surface area contributed by atoms with Gasteiger partial charge in [0.05, 0.1) is 23.3 Å². The van der Waals surface area contributed by atoms with Gasteiger partial charge in [0.15, 0.2) is 5.82 Å². The van der Waals surface area contributed by atoms with Gasteiger partial charge in [-0.2, -0.15) is 10.2 Å². The maximum Gasteiger partial charge on any atom is 0.178 e.